The Morgan fingerprint density at radius 1 is 0.882 bits per heavy atom. The SMILES string of the molecule is CCN(CC)C([S][In])=S(CC)(CC)(CC)CC. The van der Waals surface area contributed by atoms with Crippen LogP contribution in [0.3, 0.4) is 0 Å². The van der Waals surface area contributed by atoms with Crippen molar-refractivity contribution in [3.05, 3.63) is 0 Å². The van der Waals surface area contributed by atoms with Crippen LogP contribution in [0.2, 0.25) is 0 Å². The van der Waals surface area contributed by atoms with Crippen molar-refractivity contribution >= 4 is 44.6 Å². The van der Waals surface area contributed by atoms with E-state index in [9.17, 15) is 0 Å². The molecule has 0 spiro atoms. The van der Waals surface area contributed by atoms with E-state index in [1.54, 1.807) is 4.32 Å². The van der Waals surface area contributed by atoms with Crippen LogP contribution in [-0.4, -0.2) is 68.2 Å². The Morgan fingerprint density at radius 3 is 1.41 bits per heavy atom. The molecule has 0 rings (SSSR count). The molecule has 2 radical (unpaired) electrons. The van der Waals surface area contributed by atoms with Gasteiger partial charge in [0.2, 0.25) is 0 Å². The van der Waals surface area contributed by atoms with Crippen molar-refractivity contribution in [1.82, 2.24) is 4.90 Å². The third kappa shape index (κ3) is 3.29. The van der Waals surface area contributed by atoms with Gasteiger partial charge in [-0.05, 0) is 0 Å². The zero-order valence-corrected chi connectivity index (χ0v) is 17.5. The van der Waals surface area contributed by atoms with Crippen LogP contribution in [0, 0.1) is 0 Å². The van der Waals surface area contributed by atoms with Gasteiger partial charge in [0.25, 0.3) is 0 Å². The monoisotopic (exact) mass is 379 g/mol. The maximum atomic E-state index is 2.65. The van der Waals surface area contributed by atoms with E-state index in [-0.39, 0.29) is 0 Å². The van der Waals surface area contributed by atoms with E-state index in [0.29, 0.717) is 0 Å². The number of rotatable bonds is 6. The van der Waals surface area contributed by atoms with Crippen LogP contribution in [0.25, 0.3) is 0 Å². The third-order valence-corrected chi connectivity index (χ3v) is 17.5. The van der Waals surface area contributed by atoms with E-state index in [0.717, 1.165) is 0 Å². The molecule has 0 saturated heterocycles. The first-order valence-electron chi connectivity index (χ1n) is 6.90. The predicted molar refractivity (Wildman–Crippen MR) is 91.0 cm³/mol. The average molecular weight is 379 g/mol. The van der Waals surface area contributed by atoms with Crippen LogP contribution in [-0.2, 0) is 0 Å². The predicted octanol–water partition coefficient (Wildman–Crippen LogP) is 3.65. The number of hydrogen-bond donors (Lipinski definition) is 0. The Labute approximate surface area is 126 Å². The molecule has 0 aromatic heterocycles. The summed E-state index contributed by atoms with van der Waals surface area (Å²) >= 11 is 1.29. The van der Waals surface area contributed by atoms with E-state index in [2.05, 4.69) is 55.0 Å². The molecule has 0 aromatic rings. The standard InChI is InChI=1S/C13H31NS2.In/c1-7-14(8-2)13(15)16(9-3,10-4,11-5)12-6;/h15H,7-12H2,1-6H3;/q;+1/p-1. The van der Waals surface area contributed by atoms with Crippen LogP contribution in [0.4, 0.5) is 0 Å². The summed E-state index contributed by atoms with van der Waals surface area (Å²) in [5, 5.41) is 0. The summed E-state index contributed by atoms with van der Waals surface area (Å²) in [6.07, 6.45) is 0. The van der Waals surface area contributed by atoms with Crippen molar-refractivity contribution in [2.75, 3.05) is 36.1 Å². The molecule has 0 aliphatic carbocycles. The van der Waals surface area contributed by atoms with Crippen molar-refractivity contribution < 1.29 is 0 Å². The normalized spacial score (nSPS) is 14.6. The van der Waals surface area contributed by atoms with Crippen LogP contribution in [0.15, 0.2) is 0 Å². The topological polar surface area (TPSA) is 3.24 Å². The Morgan fingerprint density at radius 2 is 1.24 bits per heavy atom. The summed E-state index contributed by atoms with van der Waals surface area (Å²) in [5.41, 5.74) is 0. The fourth-order valence-electron chi connectivity index (χ4n) is 2.78. The molecule has 0 aromatic carbocycles. The molecular formula is C13H30InNS2. The quantitative estimate of drug-likeness (QED) is 0.648. The fraction of sp³-hybridized carbons (Fsp3) is 0.923. The molecule has 0 atom stereocenters. The molecule has 0 fully saturated rings. The van der Waals surface area contributed by atoms with Crippen LogP contribution < -0.4 is 0 Å². The Kier molecular flexibility index (Phi) is 8.51. The molecule has 17 heavy (non-hydrogen) atoms. The molecular weight excluding hydrogens is 349 g/mol. The second-order valence-corrected chi connectivity index (χ2v) is 13.7. The van der Waals surface area contributed by atoms with Gasteiger partial charge in [0.1, 0.15) is 0 Å². The first kappa shape index (κ1) is 18.4. The van der Waals surface area contributed by atoms with Gasteiger partial charge in [0.15, 0.2) is 0 Å². The second kappa shape index (κ2) is 7.86. The number of nitrogens with zero attached hydrogens (tertiary/aromatic N) is 1. The zero-order chi connectivity index (χ0) is 13.6. The van der Waals surface area contributed by atoms with E-state index >= 15 is 0 Å². The molecule has 0 amide bonds. The summed E-state index contributed by atoms with van der Waals surface area (Å²) in [6.45, 7) is 16.7. The van der Waals surface area contributed by atoms with Crippen molar-refractivity contribution in [1.29, 1.82) is 0 Å². The average Bonchev–Trinajstić information content (AvgIpc) is 2.41. The van der Waals surface area contributed by atoms with E-state index in [1.165, 1.54) is 59.0 Å². The van der Waals surface area contributed by atoms with Crippen molar-refractivity contribution in [2.45, 2.75) is 41.5 Å². The van der Waals surface area contributed by atoms with E-state index < -0.39 is 8.75 Å². The van der Waals surface area contributed by atoms with Crippen molar-refractivity contribution in [3.8, 4) is 0 Å². The first-order valence-corrected chi connectivity index (χ1v) is 14.5. The van der Waals surface area contributed by atoms with E-state index in [1.807, 2.05) is 0 Å². The van der Waals surface area contributed by atoms with Gasteiger partial charge in [-0.15, -0.1) is 0 Å². The minimum atomic E-state index is -1.34. The molecule has 0 saturated carbocycles. The molecule has 0 bridgehead atoms. The van der Waals surface area contributed by atoms with Gasteiger partial charge >= 0.3 is 127 Å². The Bertz CT molecular complexity index is 258. The Balaban J connectivity index is 6.11. The fourth-order valence-corrected chi connectivity index (χ4v) is 18.4. The van der Waals surface area contributed by atoms with Crippen LogP contribution in [0.5, 0.6) is 0 Å². The van der Waals surface area contributed by atoms with Gasteiger partial charge in [0, 0.05) is 0 Å². The van der Waals surface area contributed by atoms with Crippen molar-refractivity contribution in [2.24, 2.45) is 0 Å². The third-order valence-electron chi connectivity index (χ3n) is 4.64. The maximum absolute atomic E-state index is 2.65. The van der Waals surface area contributed by atoms with Gasteiger partial charge in [-0.25, -0.2) is 0 Å². The van der Waals surface area contributed by atoms with Gasteiger partial charge in [-0.2, -0.15) is 0 Å². The summed E-state index contributed by atoms with van der Waals surface area (Å²) in [7, 11) is 0.816. The zero-order valence-electron chi connectivity index (χ0n) is 12.6. The second-order valence-electron chi connectivity index (χ2n) is 4.51. The molecule has 0 unspecified atom stereocenters. The number of hydrogen-bond acceptors (Lipinski definition) is 1. The molecule has 0 N–H and O–H groups in total. The molecule has 0 heterocycles. The van der Waals surface area contributed by atoms with Gasteiger partial charge in [-0.1, -0.05) is 0 Å². The van der Waals surface area contributed by atoms with Crippen molar-refractivity contribution in [3.63, 3.8) is 0 Å². The summed E-state index contributed by atoms with van der Waals surface area (Å²) in [6, 6.07) is 0. The van der Waals surface area contributed by atoms with Gasteiger partial charge in [-0.3, -0.25) is 0 Å². The van der Waals surface area contributed by atoms with Crippen LogP contribution in [0.1, 0.15) is 41.5 Å². The summed E-state index contributed by atoms with van der Waals surface area (Å²) < 4.78 is 1.78. The molecule has 102 valence electrons. The van der Waals surface area contributed by atoms with Gasteiger partial charge in [0.05, 0.1) is 0 Å². The van der Waals surface area contributed by atoms with Gasteiger partial charge < -0.3 is 0 Å². The molecule has 4 heteroatoms. The van der Waals surface area contributed by atoms with E-state index in [4.69, 9.17) is 0 Å². The molecule has 0 aliphatic rings. The molecule has 1 nitrogen and oxygen atoms in total. The summed E-state index contributed by atoms with van der Waals surface area (Å²) in [4.78, 5) is 2.65. The van der Waals surface area contributed by atoms with Crippen LogP contribution >= 0.6 is 17.3 Å². The Hall–Kier alpha value is 1.40. The minimum absolute atomic E-state index is 1.17. The molecule has 0 aliphatic heterocycles. The first-order chi connectivity index (χ1) is 8.03. The summed E-state index contributed by atoms with van der Waals surface area (Å²) in [5.74, 6) is 5.50.